The Labute approximate surface area is 150 Å². The smallest absolute Gasteiger partial charge is 0.191 e. The van der Waals surface area contributed by atoms with E-state index in [9.17, 15) is 0 Å². The van der Waals surface area contributed by atoms with Crippen LogP contribution in [0.1, 0.15) is 31.2 Å². The van der Waals surface area contributed by atoms with Gasteiger partial charge in [0.15, 0.2) is 5.96 Å². The number of methoxy groups -OCH3 is 1. The third kappa shape index (κ3) is 6.02. The molecular weight excluding hydrogens is 318 g/mol. The van der Waals surface area contributed by atoms with Crippen molar-refractivity contribution in [2.75, 3.05) is 39.6 Å². The first-order chi connectivity index (χ1) is 11.7. The molecule has 4 nitrogen and oxygen atoms in total. The van der Waals surface area contributed by atoms with E-state index in [1.165, 1.54) is 29.7 Å². The Morgan fingerprint density at radius 1 is 1.25 bits per heavy atom. The quantitative estimate of drug-likeness (QED) is 0.310. The maximum Gasteiger partial charge on any atom is 0.191 e. The zero-order valence-corrected chi connectivity index (χ0v) is 16.0. The van der Waals surface area contributed by atoms with Gasteiger partial charge in [-0.05, 0) is 43.7 Å². The second-order valence-electron chi connectivity index (χ2n) is 6.61. The molecule has 134 valence electrons. The summed E-state index contributed by atoms with van der Waals surface area (Å²) < 4.78 is 5.26. The average Bonchev–Trinajstić information content (AvgIpc) is 2.57. The van der Waals surface area contributed by atoms with Crippen LogP contribution in [-0.2, 0) is 4.74 Å². The van der Waals surface area contributed by atoms with Crippen molar-refractivity contribution >= 4 is 17.7 Å². The lowest BCUT2D eigenvalue weighted by atomic mass is 9.67. The molecule has 1 fully saturated rings. The van der Waals surface area contributed by atoms with E-state index >= 15 is 0 Å². The Kier molecular flexibility index (Phi) is 7.92. The fourth-order valence-corrected chi connectivity index (χ4v) is 3.74. The number of thioether (sulfide) groups is 1. The van der Waals surface area contributed by atoms with Gasteiger partial charge in [-0.2, -0.15) is 0 Å². The number of rotatable bonds is 9. The van der Waals surface area contributed by atoms with Crippen LogP contribution in [0.5, 0.6) is 0 Å². The Hall–Kier alpha value is -1.20. The van der Waals surface area contributed by atoms with Gasteiger partial charge in [-0.15, -0.1) is 11.8 Å². The monoisotopic (exact) mass is 349 g/mol. The van der Waals surface area contributed by atoms with Gasteiger partial charge in [0.25, 0.3) is 0 Å². The molecule has 0 aliphatic heterocycles. The van der Waals surface area contributed by atoms with Crippen molar-refractivity contribution in [1.82, 2.24) is 10.6 Å². The highest BCUT2D eigenvalue weighted by molar-refractivity contribution is 7.99. The fourth-order valence-electron chi connectivity index (χ4n) is 2.98. The Morgan fingerprint density at radius 2 is 2.00 bits per heavy atom. The number of aliphatic imine (C=N–C) groups is 1. The maximum atomic E-state index is 5.26. The van der Waals surface area contributed by atoms with E-state index in [4.69, 9.17) is 4.74 Å². The predicted octanol–water partition coefficient (Wildman–Crippen LogP) is 3.46. The molecule has 0 radical (unpaired) electrons. The molecule has 5 heteroatoms. The Bertz CT molecular complexity index is 512. The number of benzene rings is 1. The van der Waals surface area contributed by atoms with Crippen molar-refractivity contribution in [2.45, 2.75) is 37.5 Å². The van der Waals surface area contributed by atoms with Crippen LogP contribution in [0.3, 0.4) is 0 Å². The van der Waals surface area contributed by atoms with E-state index in [-0.39, 0.29) is 0 Å². The van der Waals surface area contributed by atoms with Gasteiger partial charge in [-0.1, -0.05) is 24.1 Å². The molecule has 1 aliphatic carbocycles. The summed E-state index contributed by atoms with van der Waals surface area (Å²) in [5.41, 5.74) is 1.71. The summed E-state index contributed by atoms with van der Waals surface area (Å²) in [7, 11) is 3.62. The van der Waals surface area contributed by atoms with Crippen LogP contribution >= 0.6 is 11.8 Å². The highest BCUT2D eigenvalue weighted by Crippen LogP contribution is 2.43. The first-order valence-electron chi connectivity index (χ1n) is 8.80. The largest absolute Gasteiger partial charge is 0.385 e. The van der Waals surface area contributed by atoms with E-state index in [0.717, 1.165) is 37.8 Å². The van der Waals surface area contributed by atoms with Gasteiger partial charge in [0.1, 0.15) is 0 Å². The molecule has 1 aliphatic rings. The Balaban J connectivity index is 1.66. The molecular formula is C19H31N3OS. The molecule has 0 saturated heterocycles. The zero-order valence-electron chi connectivity index (χ0n) is 15.2. The first kappa shape index (κ1) is 19.1. The molecule has 24 heavy (non-hydrogen) atoms. The number of aryl methyl sites for hydroxylation is 1. The standard InChI is InChI=1S/C19H31N3OS/c1-16-5-7-17(8-6-16)24-14-12-21-18(20-2)22-15-19(9-4-10-19)11-13-23-3/h5-8H,4,9-15H2,1-3H3,(H2,20,21,22). The molecule has 1 aromatic carbocycles. The summed E-state index contributed by atoms with van der Waals surface area (Å²) in [5.74, 6) is 1.93. The second kappa shape index (κ2) is 9.94. The highest BCUT2D eigenvalue weighted by Gasteiger charge is 2.36. The fraction of sp³-hybridized carbons (Fsp3) is 0.632. The topological polar surface area (TPSA) is 45.7 Å². The van der Waals surface area contributed by atoms with Crippen LogP contribution in [0, 0.1) is 12.3 Å². The molecule has 0 heterocycles. The molecule has 1 aromatic rings. The summed E-state index contributed by atoms with van der Waals surface area (Å²) in [4.78, 5) is 5.66. The van der Waals surface area contributed by atoms with E-state index in [2.05, 4.69) is 46.8 Å². The lowest BCUT2D eigenvalue weighted by Gasteiger charge is -2.42. The molecule has 0 aromatic heterocycles. The van der Waals surface area contributed by atoms with Gasteiger partial charge in [-0.3, -0.25) is 4.99 Å². The van der Waals surface area contributed by atoms with E-state index in [0.29, 0.717) is 5.41 Å². The summed E-state index contributed by atoms with van der Waals surface area (Å²) in [5, 5.41) is 6.92. The van der Waals surface area contributed by atoms with Gasteiger partial charge < -0.3 is 15.4 Å². The van der Waals surface area contributed by atoms with Crippen LogP contribution in [0.25, 0.3) is 0 Å². The molecule has 0 atom stereocenters. The highest BCUT2D eigenvalue weighted by atomic mass is 32.2. The van der Waals surface area contributed by atoms with Crippen molar-refractivity contribution in [3.05, 3.63) is 29.8 Å². The number of hydrogen-bond acceptors (Lipinski definition) is 3. The lowest BCUT2D eigenvalue weighted by molar-refractivity contribution is 0.0733. The van der Waals surface area contributed by atoms with Crippen molar-refractivity contribution in [2.24, 2.45) is 10.4 Å². The molecule has 0 spiro atoms. The summed E-state index contributed by atoms with van der Waals surface area (Å²) >= 11 is 1.87. The molecule has 0 amide bonds. The SMILES string of the molecule is CN=C(NCCSc1ccc(C)cc1)NCC1(CCOC)CCC1. The summed E-state index contributed by atoms with van der Waals surface area (Å²) in [6, 6.07) is 8.69. The van der Waals surface area contributed by atoms with Gasteiger partial charge in [0.05, 0.1) is 0 Å². The molecule has 0 unspecified atom stereocenters. The van der Waals surface area contributed by atoms with E-state index in [1.807, 2.05) is 18.8 Å². The number of hydrogen-bond donors (Lipinski definition) is 2. The van der Waals surface area contributed by atoms with Gasteiger partial charge >= 0.3 is 0 Å². The third-order valence-electron chi connectivity index (χ3n) is 4.79. The van der Waals surface area contributed by atoms with Crippen molar-refractivity contribution < 1.29 is 4.74 Å². The molecule has 2 N–H and O–H groups in total. The number of nitrogens with one attached hydrogen (secondary N) is 2. The van der Waals surface area contributed by atoms with Crippen LogP contribution in [0.15, 0.2) is 34.2 Å². The first-order valence-corrected chi connectivity index (χ1v) is 9.79. The number of nitrogens with zero attached hydrogens (tertiary/aromatic N) is 1. The predicted molar refractivity (Wildman–Crippen MR) is 104 cm³/mol. The molecule has 2 rings (SSSR count). The van der Waals surface area contributed by atoms with Gasteiger partial charge in [0.2, 0.25) is 0 Å². The molecule has 0 bridgehead atoms. The van der Waals surface area contributed by atoms with Crippen LogP contribution in [-0.4, -0.2) is 45.6 Å². The number of ether oxygens (including phenoxy) is 1. The van der Waals surface area contributed by atoms with Crippen LogP contribution in [0.4, 0.5) is 0 Å². The zero-order chi connectivity index (χ0) is 17.3. The van der Waals surface area contributed by atoms with Gasteiger partial charge in [-0.25, -0.2) is 0 Å². The van der Waals surface area contributed by atoms with E-state index < -0.39 is 0 Å². The van der Waals surface area contributed by atoms with E-state index in [1.54, 1.807) is 7.11 Å². The Morgan fingerprint density at radius 3 is 2.58 bits per heavy atom. The minimum absolute atomic E-state index is 0.407. The van der Waals surface area contributed by atoms with Crippen molar-refractivity contribution in [1.29, 1.82) is 0 Å². The minimum atomic E-state index is 0.407. The number of guanidine groups is 1. The van der Waals surface area contributed by atoms with Crippen LogP contribution < -0.4 is 10.6 Å². The third-order valence-corrected chi connectivity index (χ3v) is 5.80. The average molecular weight is 350 g/mol. The normalized spacial score (nSPS) is 16.5. The summed E-state index contributed by atoms with van der Waals surface area (Å²) in [6.07, 6.45) is 5.06. The maximum absolute atomic E-state index is 5.26. The second-order valence-corrected chi connectivity index (χ2v) is 7.78. The van der Waals surface area contributed by atoms with Gasteiger partial charge in [0, 0.05) is 44.5 Å². The minimum Gasteiger partial charge on any atom is -0.385 e. The van der Waals surface area contributed by atoms with Crippen molar-refractivity contribution in [3.8, 4) is 0 Å². The molecule has 1 saturated carbocycles. The van der Waals surface area contributed by atoms with Crippen LogP contribution in [0.2, 0.25) is 0 Å². The lowest BCUT2D eigenvalue weighted by Crippen LogP contribution is -2.47. The van der Waals surface area contributed by atoms with Crippen molar-refractivity contribution in [3.63, 3.8) is 0 Å². The summed E-state index contributed by atoms with van der Waals surface area (Å²) in [6.45, 7) is 4.86.